The molecular weight excluding hydrogens is 371 g/mol. The van der Waals surface area contributed by atoms with Crippen molar-refractivity contribution in [2.75, 3.05) is 0 Å². The highest BCUT2D eigenvalue weighted by atomic mass is 19.4. The first kappa shape index (κ1) is 18.1. The highest BCUT2D eigenvalue weighted by Crippen LogP contribution is 2.29. The zero-order valence-corrected chi connectivity index (χ0v) is 15.0. The second-order valence-corrected chi connectivity index (χ2v) is 6.84. The number of pyridine rings is 1. The third kappa shape index (κ3) is 2.64. The Morgan fingerprint density at radius 1 is 0.893 bits per heavy atom. The van der Waals surface area contributed by atoms with Crippen LogP contribution in [0.3, 0.4) is 0 Å². The Morgan fingerprint density at radius 2 is 1.50 bits per heavy atom. The largest absolute Gasteiger partial charge is 0.416 e. The molecule has 0 amide bonds. The maximum absolute atomic E-state index is 13.1. The van der Waals surface area contributed by atoms with Gasteiger partial charge < -0.3 is 0 Å². The zero-order chi connectivity index (χ0) is 20.2. The topological polar surface area (TPSA) is 59.8 Å². The van der Waals surface area contributed by atoms with E-state index >= 15 is 0 Å². The van der Waals surface area contributed by atoms with Gasteiger partial charge in [-0.15, -0.1) is 0 Å². The van der Waals surface area contributed by atoms with E-state index in [1.807, 2.05) is 0 Å². The van der Waals surface area contributed by atoms with Crippen LogP contribution in [0.5, 0.6) is 0 Å². The Balaban J connectivity index is 2.06. The van der Waals surface area contributed by atoms with Crippen molar-refractivity contribution in [3.63, 3.8) is 0 Å². The Kier molecular flexibility index (Phi) is 3.95. The second kappa shape index (κ2) is 6.12. The van der Waals surface area contributed by atoms with Crippen molar-refractivity contribution in [1.29, 1.82) is 0 Å². The molecule has 0 aliphatic heterocycles. The first-order valence-corrected chi connectivity index (χ1v) is 8.65. The summed E-state index contributed by atoms with van der Waals surface area (Å²) in [6, 6.07) is 10.9. The minimum absolute atomic E-state index is 0.193. The van der Waals surface area contributed by atoms with E-state index in [4.69, 9.17) is 0 Å². The summed E-state index contributed by atoms with van der Waals surface area (Å²) in [6.45, 7) is 3.59. The summed E-state index contributed by atoms with van der Waals surface area (Å²) in [5.74, 6) is 0. The highest BCUT2D eigenvalue weighted by Gasteiger charge is 2.30. The number of nitrogens with zero attached hydrogens (tertiary/aromatic N) is 2. The highest BCUT2D eigenvalue weighted by molar-refractivity contribution is 6.03. The Labute approximate surface area is 156 Å². The number of H-pyrrole nitrogens is 1. The van der Waals surface area contributed by atoms with E-state index in [0.29, 0.717) is 16.3 Å². The number of nitrogens with one attached hydrogen (secondary N) is 1. The van der Waals surface area contributed by atoms with Gasteiger partial charge in [-0.05, 0) is 44.2 Å². The standard InChI is InChI=1S/C20H16F3N3O2/c1-11(2)25-17-16(14-5-3-4-6-15(14)18(25)27)24-26(19(17)28)13-9-7-12(8-10-13)20(21,22)23/h3-11,24H,1-2H3. The first-order chi connectivity index (χ1) is 13.2. The van der Waals surface area contributed by atoms with Crippen molar-refractivity contribution >= 4 is 21.8 Å². The van der Waals surface area contributed by atoms with Crippen molar-refractivity contribution in [1.82, 2.24) is 14.3 Å². The molecule has 0 unspecified atom stereocenters. The molecule has 4 aromatic rings. The van der Waals surface area contributed by atoms with Gasteiger partial charge in [0.1, 0.15) is 5.52 Å². The van der Waals surface area contributed by atoms with Gasteiger partial charge in [-0.2, -0.15) is 13.2 Å². The number of rotatable bonds is 2. The summed E-state index contributed by atoms with van der Waals surface area (Å²) in [5.41, 5.74) is -0.668. The molecule has 2 aromatic heterocycles. The Bertz CT molecular complexity index is 1310. The summed E-state index contributed by atoms with van der Waals surface area (Å²) in [4.78, 5) is 26.0. The van der Waals surface area contributed by atoms with E-state index in [1.165, 1.54) is 16.7 Å². The fourth-order valence-electron chi connectivity index (χ4n) is 3.43. The summed E-state index contributed by atoms with van der Waals surface area (Å²) in [5, 5.41) is 4.01. The molecule has 28 heavy (non-hydrogen) atoms. The van der Waals surface area contributed by atoms with Gasteiger partial charge in [0.25, 0.3) is 11.1 Å². The fraction of sp³-hybridized carbons (Fsp3) is 0.200. The average molecular weight is 387 g/mol. The van der Waals surface area contributed by atoms with Crippen LogP contribution in [0.1, 0.15) is 25.5 Å². The van der Waals surface area contributed by atoms with E-state index in [2.05, 4.69) is 5.10 Å². The van der Waals surface area contributed by atoms with E-state index < -0.39 is 17.3 Å². The van der Waals surface area contributed by atoms with Crippen LogP contribution in [0.2, 0.25) is 0 Å². The van der Waals surface area contributed by atoms with Gasteiger partial charge in [0.05, 0.1) is 16.8 Å². The molecule has 2 aromatic carbocycles. The Morgan fingerprint density at radius 3 is 2.07 bits per heavy atom. The van der Waals surface area contributed by atoms with Gasteiger partial charge in [-0.25, -0.2) is 4.68 Å². The lowest BCUT2D eigenvalue weighted by Gasteiger charge is -2.12. The zero-order valence-electron chi connectivity index (χ0n) is 15.0. The van der Waals surface area contributed by atoms with Gasteiger partial charge in [-0.1, -0.05) is 18.2 Å². The van der Waals surface area contributed by atoms with Crippen molar-refractivity contribution in [2.24, 2.45) is 0 Å². The van der Waals surface area contributed by atoms with Crippen molar-refractivity contribution in [3.05, 3.63) is 74.8 Å². The van der Waals surface area contributed by atoms with E-state index in [9.17, 15) is 22.8 Å². The number of halogens is 3. The lowest BCUT2D eigenvalue weighted by Crippen LogP contribution is -2.26. The second-order valence-electron chi connectivity index (χ2n) is 6.84. The molecule has 0 spiro atoms. The maximum Gasteiger partial charge on any atom is 0.416 e. The number of hydrogen-bond donors (Lipinski definition) is 1. The van der Waals surface area contributed by atoms with Gasteiger partial charge in [0.15, 0.2) is 0 Å². The summed E-state index contributed by atoms with van der Waals surface area (Å²) < 4.78 is 41.0. The number of aromatic amines is 1. The van der Waals surface area contributed by atoms with Crippen LogP contribution >= 0.6 is 0 Å². The molecule has 0 atom stereocenters. The molecule has 0 aliphatic carbocycles. The summed E-state index contributed by atoms with van der Waals surface area (Å²) in [7, 11) is 0. The monoisotopic (exact) mass is 387 g/mol. The van der Waals surface area contributed by atoms with Crippen LogP contribution in [0.25, 0.3) is 27.5 Å². The smallest absolute Gasteiger partial charge is 0.299 e. The predicted octanol–water partition coefficient (Wildman–Crippen LogP) is 4.23. The minimum Gasteiger partial charge on any atom is -0.299 e. The fourth-order valence-corrected chi connectivity index (χ4v) is 3.43. The van der Waals surface area contributed by atoms with Gasteiger partial charge in [0.2, 0.25) is 0 Å². The molecule has 0 fully saturated rings. The summed E-state index contributed by atoms with van der Waals surface area (Å²) >= 11 is 0. The van der Waals surface area contributed by atoms with Crippen LogP contribution in [-0.4, -0.2) is 14.3 Å². The lowest BCUT2D eigenvalue weighted by atomic mass is 10.1. The molecule has 0 saturated carbocycles. The van der Waals surface area contributed by atoms with Gasteiger partial charge in [0, 0.05) is 16.8 Å². The molecule has 8 heteroatoms. The van der Waals surface area contributed by atoms with Crippen molar-refractivity contribution in [3.8, 4) is 5.69 Å². The molecule has 5 nitrogen and oxygen atoms in total. The number of aromatic nitrogens is 3. The SMILES string of the molecule is CC(C)n1c(=O)c2ccccc2c2[nH]n(-c3ccc(C(F)(F)F)cc3)c(=O)c21. The number of benzene rings is 2. The molecular formula is C20H16F3N3O2. The first-order valence-electron chi connectivity index (χ1n) is 8.65. The van der Waals surface area contributed by atoms with Crippen LogP contribution in [-0.2, 0) is 6.18 Å². The third-order valence-corrected chi connectivity index (χ3v) is 4.72. The average Bonchev–Trinajstić information content (AvgIpc) is 2.99. The van der Waals surface area contributed by atoms with E-state index in [0.717, 1.165) is 16.8 Å². The molecule has 2 heterocycles. The molecule has 4 rings (SSSR count). The maximum atomic E-state index is 13.1. The molecule has 0 saturated heterocycles. The van der Waals surface area contributed by atoms with E-state index in [-0.39, 0.29) is 22.8 Å². The molecule has 144 valence electrons. The minimum atomic E-state index is -4.46. The summed E-state index contributed by atoms with van der Waals surface area (Å²) in [6.07, 6.45) is -4.46. The Hall–Kier alpha value is -3.29. The van der Waals surface area contributed by atoms with Crippen LogP contribution in [0, 0.1) is 0 Å². The van der Waals surface area contributed by atoms with Crippen molar-refractivity contribution in [2.45, 2.75) is 26.1 Å². The molecule has 0 bridgehead atoms. The number of hydrogen-bond acceptors (Lipinski definition) is 2. The molecule has 0 radical (unpaired) electrons. The predicted molar refractivity (Wildman–Crippen MR) is 101 cm³/mol. The number of alkyl halides is 3. The van der Waals surface area contributed by atoms with Crippen LogP contribution in [0.4, 0.5) is 13.2 Å². The molecule has 1 N–H and O–H groups in total. The molecule has 0 aliphatic rings. The van der Waals surface area contributed by atoms with Gasteiger partial charge in [-0.3, -0.25) is 19.3 Å². The third-order valence-electron chi connectivity index (χ3n) is 4.72. The lowest BCUT2D eigenvalue weighted by molar-refractivity contribution is -0.137. The van der Waals surface area contributed by atoms with Crippen LogP contribution < -0.4 is 11.1 Å². The van der Waals surface area contributed by atoms with Crippen molar-refractivity contribution < 1.29 is 13.2 Å². The normalized spacial score (nSPS) is 12.4. The number of fused-ring (bicyclic) bond motifs is 3. The quantitative estimate of drug-likeness (QED) is 0.560. The van der Waals surface area contributed by atoms with E-state index in [1.54, 1.807) is 38.1 Å². The van der Waals surface area contributed by atoms with Gasteiger partial charge >= 0.3 is 6.18 Å². The van der Waals surface area contributed by atoms with Crippen LogP contribution in [0.15, 0.2) is 58.1 Å².